The van der Waals surface area contributed by atoms with Gasteiger partial charge < -0.3 is 24.8 Å². The van der Waals surface area contributed by atoms with Gasteiger partial charge >= 0.3 is 112 Å². The zero-order valence-electron chi connectivity index (χ0n) is 22.9. The Morgan fingerprint density at radius 2 is 1.18 bits per heavy atom. The summed E-state index contributed by atoms with van der Waals surface area (Å²) in [5, 5.41) is 5.15. The van der Waals surface area contributed by atoms with Gasteiger partial charge in [-0.15, -0.1) is 46.2 Å². The molecular weight excluding hydrogens is 607 g/mol. The van der Waals surface area contributed by atoms with Crippen molar-refractivity contribution in [1.29, 1.82) is 0 Å². The zero-order chi connectivity index (χ0) is 26.9. The molecule has 1 aliphatic rings. The Kier molecular flexibility index (Phi) is 13.6. The first-order valence-corrected chi connectivity index (χ1v) is 14.0. The van der Waals surface area contributed by atoms with Gasteiger partial charge in [-0.1, -0.05) is 49.6 Å². The fourth-order valence-electron chi connectivity index (χ4n) is 4.23. The molecule has 0 amide bonds. The third-order valence-electron chi connectivity index (χ3n) is 6.49. The molecule has 0 aromatic heterocycles. The second kappa shape index (κ2) is 16.3. The molecule has 0 fully saturated rings. The minimum absolute atomic E-state index is 0. The van der Waals surface area contributed by atoms with Gasteiger partial charge in [-0.05, 0) is 11.1 Å². The van der Waals surface area contributed by atoms with Gasteiger partial charge in [-0.2, -0.15) is 6.08 Å². The van der Waals surface area contributed by atoms with Crippen molar-refractivity contribution in [2.75, 3.05) is 0 Å². The van der Waals surface area contributed by atoms with Crippen molar-refractivity contribution in [3.05, 3.63) is 162 Å². The van der Waals surface area contributed by atoms with E-state index in [1.165, 1.54) is 71.2 Å². The Morgan fingerprint density at radius 1 is 0.725 bits per heavy atom. The normalized spacial score (nSPS) is 10.9. The van der Waals surface area contributed by atoms with Crippen molar-refractivity contribution in [1.82, 2.24) is 0 Å². The molecule has 0 radical (unpaired) electrons. The maximum absolute atomic E-state index is 3.82. The van der Waals surface area contributed by atoms with Gasteiger partial charge in [-0.3, -0.25) is 6.08 Å². The first kappa shape index (κ1) is 33.3. The minimum atomic E-state index is 0. The molecule has 0 saturated heterocycles. The van der Waals surface area contributed by atoms with Crippen LogP contribution in [0.2, 0.25) is 0 Å². The molecule has 0 unspecified atom stereocenters. The average molecular weight is 639 g/mol. The number of halogens is 2. The van der Waals surface area contributed by atoms with Crippen molar-refractivity contribution >= 4 is 36.9 Å². The Balaban J connectivity index is 0.000000229. The Bertz CT molecular complexity index is 1510. The van der Waals surface area contributed by atoms with Crippen molar-refractivity contribution in [2.45, 2.75) is 20.3 Å². The van der Waals surface area contributed by atoms with E-state index in [9.17, 15) is 0 Å². The van der Waals surface area contributed by atoms with E-state index in [4.69, 9.17) is 0 Å². The van der Waals surface area contributed by atoms with Gasteiger partial charge in [0.1, 0.15) is 0 Å². The minimum Gasteiger partial charge on any atom is -1.00 e. The second-order valence-electron chi connectivity index (χ2n) is 9.36. The van der Waals surface area contributed by atoms with Crippen molar-refractivity contribution < 1.29 is 49.0 Å². The van der Waals surface area contributed by atoms with E-state index in [1.54, 1.807) is 0 Å². The van der Waals surface area contributed by atoms with Crippen LogP contribution in [0, 0.1) is 19.9 Å². The summed E-state index contributed by atoms with van der Waals surface area (Å²) in [6.07, 6.45) is 13.8. The van der Waals surface area contributed by atoms with Crippen molar-refractivity contribution in [2.24, 2.45) is 0 Å². The Morgan fingerprint density at radius 3 is 1.50 bits per heavy atom. The van der Waals surface area contributed by atoms with E-state index >= 15 is 0 Å². The summed E-state index contributed by atoms with van der Waals surface area (Å²) in [4.78, 5) is 0. The molecule has 200 valence electrons. The van der Waals surface area contributed by atoms with Gasteiger partial charge in [0.05, 0.1) is 0 Å². The van der Waals surface area contributed by atoms with Crippen molar-refractivity contribution in [3.8, 4) is 0 Å². The molecule has 5 aromatic carbocycles. The molecule has 6 rings (SSSR count). The number of hydrogen-bond donors (Lipinski definition) is 0. The number of aryl methyl sites for hydroxylation is 2. The zero-order valence-corrected chi connectivity index (χ0v) is 26.9. The molecule has 0 spiro atoms. The number of allylic oxidation sites excluding steroid dienone is 4. The molecular formula is C37H32Cl2Zr-2. The van der Waals surface area contributed by atoms with E-state index in [1.807, 2.05) is 24.3 Å². The van der Waals surface area contributed by atoms with Gasteiger partial charge in [0, 0.05) is 0 Å². The summed E-state index contributed by atoms with van der Waals surface area (Å²) < 4.78 is 1.42. The Labute approximate surface area is 266 Å². The second-order valence-corrected chi connectivity index (χ2v) is 10.6. The Hall–Kier alpha value is -2.96. The summed E-state index contributed by atoms with van der Waals surface area (Å²) >= 11 is 1.46. The molecule has 0 N–H and O–H groups in total. The molecule has 1 aliphatic carbocycles. The van der Waals surface area contributed by atoms with E-state index in [0.29, 0.717) is 0 Å². The van der Waals surface area contributed by atoms with E-state index in [2.05, 4.69) is 130 Å². The standard InChI is InChI=1S/C17H13.C15H14.C5H5.2ClH.Zr/c1-3-12-5-7-14-11-15-8-6-13(4-2)10-17(15)16(14)9-12;1-12-3-7-14(8-4-12)11-15-9-5-13(2)6-10-15;1-2-4-5-3-1;;;/h3-11H,1-2H2;3-10H,1-2H3;1-3H,4H2;2*1H;/q-1;;-1;;;+2/p-2. The predicted molar refractivity (Wildman–Crippen MR) is 164 cm³/mol. The van der Waals surface area contributed by atoms with Crippen LogP contribution in [0.25, 0.3) is 33.7 Å². The van der Waals surface area contributed by atoms with Crippen LogP contribution in [-0.4, -0.2) is 3.21 Å². The number of benzene rings is 4. The summed E-state index contributed by atoms with van der Waals surface area (Å²) in [7, 11) is 0. The number of rotatable bonds is 4. The molecule has 0 nitrogen and oxygen atoms in total. The molecule has 3 heteroatoms. The fourth-order valence-corrected chi connectivity index (χ4v) is 5.05. The van der Waals surface area contributed by atoms with Crippen molar-refractivity contribution in [3.63, 3.8) is 0 Å². The first-order valence-electron chi connectivity index (χ1n) is 12.8. The fraction of sp³-hybridized carbons (Fsp3) is 0.0811. The molecule has 0 atom stereocenters. The van der Waals surface area contributed by atoms with Crippen LogP contribution in [-0.2, 0) is 24.2 Å². The summed E-state index contributed by atoms with van der Waals surface area (Å²) in [5.41, 5.74) is 7.64. The third kappa shape index (κ3) is 8.77. The monoisotopic (exact) mass is 636 g/mol. The molecule has 0 heterocycles. The third-order valence-corrected chi connectivity index (χ3v) is 7.91. The summed E-state index contributed by atoms with van der Waals surface area (Å²) in [6.45, 7) is 11.9. The molecule has 0 saturated carbocycles. The van der Waals surface area contributed by atoms with Gasteiger partial charge in [0.2, 0.25) is 0 Å². The van der Waals surface area contributed by atoms with Crippen LogP contribution in [0.5, 0.6) is 0 Å². The maximum Gasteiger partial charge on any atom is -0.109 e. The SMILES string of the molecule is C=Cc1ccc2[cH-]c3ccc(C=C)cc3c2c1.Cc1ccc([C](=[Zr+2])c2ccc(C)cc2)cc1.[C-]1=CC=CC1.[Cl-].[Cl-]. The summed E-state index contributed by atoms with van der Waals surface area (Å²) in [5.74, 6) is 0. The number of hydrogen-bond acceptors (Lipinski definition) is 0. The van der Waals surface area contributed by atoms with Crippen LogP contribution in [0.15, 0.2) is 122 Å². The van der Waals surface area contributed by atoms with E-state index in [0.717, 1.165) is 17.5 Å². The average Bonchev–Trinajstić information content (AvgIpc) is 3.65. The van der Waals surface area contributed by atoms with Gasteiger partial charge in [0.25, 0.3) is 0 Å². The summed E-state index contributed by atoms with van der Waals surface area (Å²) in [6, 6.07) is 32.6. The quantitative estimate of drug-likeness (QED) is 0.264. The molecule has 5 aromatic rings. The van der Waals surface area contributed by atoms with Crippen LogP contribution in [0.4, 0.5) is 0 Å². The molecule has 0 bridgehead atoms. The van der Waals surface area contributed by atoms with E-state index in [-0.39, 0.29) is 24.8 Å². The van der Waals surface area contributed by atoms with Crippen LogP contribution >= 0.6 is 0 Å². The van der Waals surface area contributed by atoms with Crippen LogP contribution in [0.1, 0.15) is 39.8 Å². The molecule has 0 aliphatic heterocycles. The smallest absolute Gasteiger partial charge is 0.109 e. The molecule has 40 heavy (non-hydrogen) atoms. The van der Waals surface area contributed by atoms with Crippen LogP contribution < -0.4 is 24.8 Å². The number of fused-ring (bicyclic) bond motifs is 3. The van der Waals surface area contributed by atoms with E-state index < -0.39 is 0 Å². The largest absolute Gasteiger partial charge is 1.00 e. The van der Waals surface area contributed by atoms with Gasteiger partial charge in [-0.25, -0.2) is 12.2 Å². The maximum atomic E-state index is 3.82. The van der Waals surface area contributed by atoms with Crippen LogP contribution in [0.3, 0.4) is 0 Å². The predicted octanol–water partition coefficient (Wildman–Crippen LogP) is 3.73. The topological polar surface area (TPSA) is 0 Å². The van der Waals surface area contributed by atoms with Gasteiger partial charge in [0.15, 0.2) is 0 Å². The first-order chi connectivity index (χ1) is 18.5.